The van der Waals surface area contributed by atoms with E-state index in [9.17, 15) is 0 Å². The molecule has 0 aliphatic carbocycles. The van der Waals surface area contributed by atoms with Crippen LogP contribution in [0.3, 0.4) is 0 Å². The Balaban J connectivity index is 2.04. The smallest absolute Gasteiger partial charge is 0.161 e. The summed E-state index contributed by atoms with van der Waals surface area (Å²) in [5.41, 5.74) is 3.53. The van der Waals surface area contributed by atoms with Crippen LogP contribution in [0.4, 0.5) is 0 Å². The summed E-state index contributed by atoms with van der Waals surface area (Å²) in [7, 11) is 0. The van der Waals surface area contributed by atoms with E-state index in [-0.39, 0.29) is 6.17 Å². The zero-order valence-corrected chi connectivity index (χ0v) is 13.3. The number of benzene rings is 1. The quantitative estimate of drug-likeness (QED) is 0.390. The van der Waals surface area contributed by atoms with Gasteiger partial charge in [-0.3, -0.25) is 0 Å². The van der Waals surface area contributed by atoms with E-state index in [4.69, 9.17) is 5.84 Å². The van der Waals surface area contributed by atoms with E-state index in [0.29, 0.717) is 0 Å². The van der Waals surface area contributed by atoms with Gasteiger partial charge in [-0.2, -0.15) is 0 Å². The summed E-state index contributed by atoms with van der Waals surface area (Å²) < 4.78 is 0. The zero-order valence-electron chi connectivity index (χ0n) is 12.4. The fourth-order valence-electron chi connectivity index (χ4n) is 2.49. The summed E-state index contributed by atoms with van der Waals surface area (Å²) >= 11 is 1.65. The molecule has 2 heterocycles. The fourth-order valence-corrected chi connectivity index (χ4v) is 2.95. The molecule has 1 aromatic carbocycles. The Kier molecular flexibility index (Phi) is 4.11. The minimum absolute atomic E-state index is 0.201. The largest absolute Gasteiger partial charge is 0.365 e. The Hall–Kier alpha value is -2.34. The van der Waals surface area contributed by atoms with E-state index < -0.39 is 0 Å². The number of rotatable bonds is 3. The Labute approximate surface area is 133 Å². The van der Waals surface area contributed by atoms with Gasteiger partial charge in [0.1, 0.15) is 0 Å². The molecular weight excluding hydrogens is 294 g/mol. The monoisotopic (exact) mass is 311 g/mol. The first-order valence-corrected chi connectivity index (χ1v) is 8.13. The number of aromatic nitrogens is 1. The fraction of sp³-hybridized carbons (Fsp3) is 0.188. The molecule has 1 unspecified atom stereocenters. The molecule has 0 fully saturated rings. The van der Waals surface area contributed by atoms with Crippen molar-refractivity contribution in [3.8, 4) is 11.1 Å². The van der Waals surface area contributed by atoms with Gasteiger partial charge in [-0.25, -0.2) is 4.98 Å². The average Bonchev–Trinajstić information content (AvgIpc) is 2.54. The van der Waals surface area contributed by atoms with Gasteiger partial charge in [-0.1, -0.05) is 17.4 Å². The van der Waals surface area contributed by atoms with Gasteiger partial charge < -0.3 is 11.2 Å². The Bertz CT molecular complexity index is 844. The van der Waals surface area contributed by atoms with Crippen molar-refractivity contribution >= 4 is 24.0 Å². The van der Waals surface area contributed by atoms with Crippen molar-refractivity contribution in [2.24, 2.45) is 16.2 Å². The van der Waals surface area contributed by atoms with Gasteiger partial charge in [0.15, 0.2) is 6.17 Å². The van der Waals surface area contributed by atoms with Gasteiger partial charge in [-0.15, -0.1) is 16.9 Å². The number of nitrogens with two attached hydrogens (primary N) is 1. The number of pyridine rings is 1. The highest BCUT2D eigenvalue weighted by atomic mass is 32.2. The molecule has 1 atom stereocenters. The third-order valence-electron chi connectivity index (χ3n) is 3.63. The summed E-state index contributed by atoms with van der Waals surface area (Å²) in [6.07, 6.45) is 7.71. The van der Waals surface area contributed by atoms with Crippen LogP contribution in [0.1, 0.15) is 5.56 Å². The average molecular weight is 311 g/mol. The molecule has 1 aliphatic heterocycles. The normalized spacial score (nSPS) is 16.5. The van der Waals surface area contributed by atoms with Gasteiger partial charge >= 0.3 is 0 Å². The highest BCUT2D eigenvalue weighted by Crippen LogP contribution is 2.24. The van der Waals surface area contributed by atoms with Crippen LogP contribution >= 0.6 is 11.8 Å². The highest BCUT2D eigenvalue weighted by Gasteiger charge is 2.07. The van der Waals surface area contributed by atoms with Gasteiger partial charge in [0.25, 0.3) is 0 Å². The first-order chi connectivity index (χ1) is 10.7. The van der Waals surface area contributed by atoms with Crippen LogP contribution in [0.15, 0.2) is 45.8 Å². The molecule has 0 saturated carbocycles. The van der Waals surface area contributed by atoms with Crippen molar-refractivity contribution in [3.63, 3.8) is 0 Å². The van der Waals surface area contributed by atoms with E-state index in [1.165, 1.54) is 5.56 Å². The minimum atomic E-state index is -0.201. The molecule has 0 spiro atoms. The van der Waals surface area contributed by atoms with Gasteiger partial charge in [0.2, 0.25) is 0 Å². The first-order valence-electron chi connectivity index (χ1n) is 6.90. The molecule has 112 valence electrons. The summed E-state index contributed by atoms with van der Waals surface area (Å²) in [5.74, 6) is 5.10. The lowest BCUT2D eigenvalue weighted by atomic mass is 10.0. The van der Waals surface area contributed by atoms with Crippen molar-refractivity contribution in [2.75, 3.05) is 6.26 Å². The molecular formula is C16H17N5S. The highest BCUT2D eigenvalue weighted by molar-refractivity contribution is 7.98. The predicted molar refractivity (Wildman–Crippen MR) is 90.3 cm³/mol. The third kappa shape index (κ3) is 2.82. The number of fused-ring (bicyclic) bond motifs is 1. The van der Waals surface area contributed by atoms with Crippen LogP contribution in [-0.4, -0.2) is 17.4 Å². The molecule has 1 aliphatic rings. The lowest BCUT2D eigenvalue weighted by Gasteiger charge is -2.12. The molecule has 1 aromatic heterocycles. The van der Waals surface area contributed by atoms with Gasteiger partial charge in [-0.05, 0) is 53.0 Å². The maximum atomic E-state index is 5.10. The number of nitrogens with one attached hydrogen (secondary N) is 1. The number of aryl methyl sites for hydroxylation is 1. The summed E-state index contributed by atoms with van der Waals surface area (Å²) in [4.78, 5) is 4.47. The standard InChI is InChI=1S/C16H17N5S/c1-10-5-16(22-2)19-9-14(10)12-4-3-11-7-15(20-21-17)18-8-13(11)6-12/h3-9,15,18H,1-2H3,(H2,17,20). The number of nitrogens with zero attached hydrogens (tertiary/aromatic N) is 3. The number of hydrogen-bond acceptors (Lipinski definition) is 5. The maximum absolute atomic E-state index is 5.10. The molecule has 0 radical (unpaired) electrons. The molecule has 2 aromatic rings. The second kappa shape index (κ2) is 6.19. The molecule has 0 saturated heterocycles. The lowest BCUT2D eigenvalue weighted by molar-refractivity contribution is 0.725. The first kappa shape index (κ1) is 14.6. The van der Waals surface area contributed by atoms with Crippen LogP contribution in [0, 0.1) is 6.92 Å². The number of hydrogen-bond donors (Lipinski definition) is 2. The molecule has 6 heteroatoms. The molecule has 3 rings (SSSR count). The van der Waals surface area contributed by atoms with Crippen molar-refractivity contribution in [3.05, 3.63) is 46.5 Å². The van der Waals surface area contributed by atoms with Crippen LogP contribution in [0.5, 0.6) is 0 Å². The van der Waals surface area contributed by atoms with E-state index >= 15 is 0 Å². The Morgan fingerprint density at radius 1 is 1.27 bits per heavy atom. The molecule has 3 N–H and O–H groups in total. The van der Waals surface area contributed by atoms with Crippen molar-refractivity contribution in [1.29, 1.82) is 0 Å². The number of thioether (sulfide) groups is 1. The van der Waals surface area contributed by atoms with Crippen LogP contribution in [0.25, 0.3) is 23.4 Å². The minimum Gasteiger partial charge on any atom is -0.365 e. The zero-order chi connectivity index (χ0) is 15.5. The Morgan fingerprint density at radius 3 is 2.86 bits per heavy atom. The topological polar surface area (TPSA) is 75.7 Å². The van der Waals surface area contributed by atoms with Crippen molar-refractivity contribution in [2.45, 2.75) is 18.1 Å². The lowest BCUT2D eigenvalue weighted by Crippen LogP contribution is -2.37. The van der Waals surface area contributed by atoms with Crippen LogP contribution < -0.4 is 21.6 Å². The predicted octanol–water partition coefficient (Wildman–Crippen LogP) is 1.55. The van der Waals surface area contributed by atoms with Crippen molar-refractivity contribution < 1.29 is 0 Å². The van der Waals surface area contributed by atoms with Gasteiger partial charge in [0, 0.05) is 18.0 Å². The Morgan fingerprint density at radius 2 is 2.14 bits per heavy atom. The summed E-state index contributed by atoms with van der Waals surface area (Å²) in [6.45, 7) is 2.11. The summed E-state index contributed by atoms with van der Waals surface area (Å²) in [5, 5.41) is 13.6. The maximum Gasteiger partial charge on any atom is 0.161 e. The second-order valence-electron chi connectivity index (χ2n) is 5.04. The molecule has 5 nitrogen and oxygen atoms in total. The molecule has 0 bridgehead atoms. The van der Waals surface area contributed by atoms with E-state index in [0.717, 1.165) is 26.6 Å². The van der Waals surface area contributed by atoms with Gasteiger partial charge in [0.05, 0.1) is 5.03 Å². The SMILES string of the molecule is CSc1cc(C)c(-c2ccc3c(c2)=CNC(N=NN)C=3)cn1. The van der Waals surface area contributed by atoms with E-state index in [1.807, 2.05) is 24.7 Å². The second-order valence-corrected chi connectivity index (χ2v) is 5.87. The van der Waals surface area contributed by atoms with E-state index in [1.54, 1.807) is 11.8 Å². The molecule has 22 heavy (non-hydrogen) atoms. The summed E-state index contributed by atoms with van der Waals surface area (Å²) in [6, 6.07) is 8.46. The van der Waals surface area contributed by atoms with Crippen molar-refractivity contribution in [1.82, 2.24) is 10.3 Å². The van der Waals surface area contributed by atoms with Crippen LogP contribution in [0.2, 0.25) is 0 Å². The van der Waals surface area contributed by atoms with E-state index in [2.05, 4.69) is 51.8 Å². The third-order valence-corrected chi connectivity index (χ3v) is 4.27. The molecule has 0 amide bonds. The van der Waals surface area contributed by atoms with Crippen LogP contribution in [-0.2, 0) is 0 Å².